The van der Waals surface area contributed by atoms with Crippen LogP contribution in [0.3, 0.4) is 0 Å². The van der Waals surface area contributed by atoms with Crippen LogP contribution in [-0.4, -0.2) is 38.7 Å². The van der Waals surface area contributed by atoms with Crippen LogP contribution in [0.25, 0.3) is 0 Å². The first-order chi connectivity index (χ1) is 8.47. The second-order valence-electron chi connectivity index (χ2n) is 4.42. The van der Waals surface area contributed by atoms with E-state index in [1.807, 2.05) is 0 Å². The van der Waals surface area contributed by atoms with Gasteiger partial charge < -0.3 is 10.2 Å². The van der Waals surface area contributed by atoms with E-state index in [1.165, 1.54) is 12.1 Å². The molecule has 0 aliphatic carbocycles. The predicted octanol–water partition coefficient (Wildman–Crippen LogP) is 1.72. The van der Waals surface area contributed by atoms with Crippen LogP contribution in [-0.2, 0) is 9.84 Å². The second-order valence-corrected chi connectivity index (χ2v) is 6.44. The zero-order valence-electron chi connectivity index (χ0n) is 10.2. The molecule has 1 N–H and O–H groups in total. The average Bonchev–Trinajstić information content (AvgIpc) is 2.82. The highest BCUT2D eigenvalue weighted by Gasteiger charge is 2.17. The fourth-order valence-corrected chi connectivity index (χ4v) is 2.54. The maximum Gasteiger partial charge on any atom is 0.321 e. The summed E-state index contributed by atoms with van der Waals surface area (Å²) in [6, 6.07) is 6.07. The van der Waals surface area contributed by atoms with Gasteiger partial charge in [-0.2, -0.15) is 0 Å². The summed E-state index contributed by atoms with van der Waals surface area (Å²) in [4.78, 5) is 13.8. The molecule has 0 saturated carbocycles. The van der Waals surface area contributed by atoms with Crippen LogP contribution in [0.5, 0.6) is 0 Å². The van der Waals surface area contributed by atoms with Crippen LogP contribution in [0.15, 0.2) is 29.2 Å². The first kappa shape index (κ1) is 12.9. The Balaban J connectivity index is 2.04. The molecular weight excluding hydrogens is 252 g/mol. The standard InChI is InChI=1S/C12H16N2O3S/c1-18(16,17)11-6-4-10(5-7-11)13-12(15)14-8-2-3-9-14/h4-7H,2-3,8-9H2,1H3,(H,13,15). The summed E-state index contributed by atoms with van der Waals surface area (Å²) in [5, 5.41) is 2.75. The molecule has 6 heteroatoms. The fraction of sp³-hybridized carbons (Fsp3) is 0.417. The van der Waals surface area contributed by atoms with Gasteiger partial charge in [0.25, 0.3) is 0 Å². The number of sulfone groups is 1. The Morgan fingerprint density at radius 1 is 1.17 bits per heavy atom. The van der Waals surface area contributed by atoms with E-state index in [4.69, 9.17) is 0 Å². The Bertz CT molecular complexity index is 531. The van der Waals surface area contributed by atoms with Gasteiger partial charge >= 0.3 is 6.03 Å². The largest absolute Gasteiger partial charge is 0.325 e. The van der Waals surface area contributed by atoms with Crippen LogP contribution < -0.4 is 5.32 Å². The van der Waals surface area contributed by atoms with Crippen LogP contribution in [0, 0.1) is 0 Å². The lowest BCUT2D eigenvalue weighted by atomic mass is 10.3. The van der Waals surface area contributed by atoms with Gasteiger partial charge in [-0.3, -0.25) is 0 Å². The predicted molar refractivity (Wildman–Crippen MR) is 69.4 cm³/mol. The minimum atomic E-state index is -3.19. The van der Waals surface area contributed by atoms with Crippen molar-refractivity contribution >= 4 is 21.6 Å². The molecule has 18 heavy (non-hydrogen) atoms. The maximum absolute atomic E-state index is 11.8. The molecule has 0 aromatic heterocycles. The molecule has 1 aliphatic rings. The minimum absolute atomic E-state index is 0.125. The van der Waals surface area contributed by atoms with Crippen molar-refractivity contribution in [2.24, 2.45) is 0 Å². The number of amides is 2. The molecule has 0 bridgehead atoms. The second kappa shape index (κ2) is 4.97. The van der Waals surface area contributed by atoms with E-state index in [-0.39, 0.29) is 10.9 Å². The van der Waals surface area contributed by atoms with Crippen molar-refractivity contribution in [2.75, 3.05) is 24.7 Å². The van der Waals surface area contributed by atoms with Crippen molar-refractivity contribution in [3.05, 3.63) is 24.3 Å². The molecule has 0 radical (unpaired) electrons. The smallest absolute Gasteiger partial charge is 0.321 e. The number of nitrogens with one attached hydrogen (secondary N) is 1. The molecular formula is C12H16N2O3S. The monoisotopic (exact) mass is 268 g/mol. The Morgan fingerprint density at radius 3 is 2.22 bits per heavy atom. The first-order valence-corrected chi connectivity index (χ1v) is 7.72. The van der Waals surface area contributed by atoms with Gasteiger partial charge in [0, 0.05) is 25.0 Å². The van der Waals surface area contributed by atoms with Crippen molar-refractivity contribution in [1.82, 2.24) is 4.90 Å². The minimum Gasteiger partial charge on any atom is -0.325 e. The van der Waals surface area contributed by atoms with Gasteiger partial charge in [-0.25, -0.2) is 13.2 Å². The van der Waals surface area contributed by atoms with Gasteiger partial charge in [-0.1, -0.05) is 0 Å². The molecule has 1 heterocycles. The maximum atomic E-state index is 11.8. The molecule has 1 aromatic carbocycles. The molecule has 2 amide bonds. The average molecular weight is 268 g/mol. The van der Waals surface area contributed by atoms with Crippen LogP contribution >= 0.6 is 0 Å². The number of hydrogen-bond donors (Lipinski definition) is 1. The van der Waals surface area contributed by atoms with Crippen molar-refractivity contribution in [2.45, 2.75) is 17.7 Å². The lowest BCUT2D eigenvalue weighted by molar-refractivity contribution is 0.222. The third kappa shape index (κ3) is 3.01. The summed E-state index contributed by atoms with van der Waals surface area (Å²) < 4.78 is 22.6. The van der Waals surface area contributed by atoms with Gasteiger partial charge in [-0.15, -0.1) is 0 Å². The molecule has 1 aromatic rings. The van der Waals surface area contributed by atoms with E-state index >= 15 is 0 Å². The summed E-state index contributed by atoms with van der Waals surface area (Å²) in [6.07, 6.45) is 3.24. The van der Waals surface area contributed by atoms with Gasteiger partial charge in [0.1, 0.15) is 0 Å². The number of anilines is 1. The third-order valence-corrected chi connectivity index (χ3v) is 4.06. The number of rotatable bonds is 2. The number of urea groups is 1. The summed E-state index contributed by atoms with van der Waals surface area (Å²) in [7, 11) is -3.19. The van der Waals surface area contributed by atoms with Crippen LogP contribution in [0.4, 0.5) is 10.5 Å². The summed E-state index contributed by atoms with van der Waals surface area (Å²) in [6.45, 7) is 1.57. The van der Waals surface area contributed by atoms with E-state index in [0.29, 0.717) is 5.69 Å². The molecule has 0 spiro atoms. The Labute approximate surface area is 107 Å². The topological polar surface area (TPSA) is 66.5 Å². The molecule has 1 aliphatic heterocycles. The normalized spacial score (nSPS) is 15.7. The van der Waals surface area contributed by atoms with Crippen molar-refractivity contribution in [1.29, 1.82) is 0 Å². The van der Waals surface area contributed by atoms with Gasteiger partial charge in [0.2, 0.25) is 0 Å². The van der Waals surface area contributed by atoms with E-state index < -0.39 is 9.84 Å². The zero-order chi connectivity index (χ0) is 13.2. The molecule has 2 rings (SSSR count). The zero-order valence-corrected chi connectivity index (χ0v) is 11.0. The number of nitrogens with zero attached hydrogens (tertiary/aromatic N) is 1. The first-order valence-electron chi connectivity index (χ1n) is 5.83. The van der Waals surface area contributed by atoms with E-state index in [0.717, 1.165) is 32.2 Å². The van der Waals surface area contributed by atoms with Crippen LogP contribution in [0.1, 0.15) is 12.8 Å². The lowest BCUT2D eigenvalue weighted by Crippen LogP contribution is -2.32. The van der Waals surface area contributed by atoms with E-state index in [9.17, 15) is 13.2 Å². The number of carbonyl (C=O) groups is 1. The van der Waals surface area contributed by atoms with Crippen molar-refractivity contribution < 1.29 is 13.2 Å². The number of carbonyl (C=O) groups excluding carboxylic acids is 1. The van der Waals surface area contributed by atoms with Gasteiger partial charge in [0.05, 0.1) is 4.90 Å². The quantitative estimate of drug-likeness (QED) is 0.888. The summed E-state index contributed by atoms with van der Waals surface area (Å²) in [5.41, 5.74) is 0.610. The fourth-order valence-electron chi connectivity index (χ4n) is 1.91. The van der Waals surface area contributed by atoms with Crippen LogP contribution in [0.2, 0.25) is 0 Å². The number of hydrogen-bond acceptors (Lipinski definition) is 3. The molecule has 0 atom stereocenters. The van der Waals surface area contributed by atoms with Crippen molar-refractivity contribution in [3.8, 4) is 0 Å². The van der Waals surface area contributed by atoms with Crippen molar-refractivity contribution in [3.63, 3.8) is 0 Å². The molecule has 1 saturated heterocycles. The van der Waals surface area contributed by atoms with Gasteiger partial charge in [-0.05, 0) is 37.1 Å². The molecule has 1 fully saturated rings. The Kier molecular flexibility index (Phi) is 3.56. The summed E-state index contributed by atoms with van der Waals surface area (Å²) in [5.74, 6) is 0. The lowest BCUT2D eigenvalue weighted by Gasteiger charge is -2.16. The number of likely N-dealkylation sites (tertiary alicyclic amines) is 1. The molecule has 5 nitrogen and oxygen atoms in total. The SMILES string of the molecule is CS(=O)(=O)c1ccc(NC(=O)N2CCCC2)cc1. The molecule has 98 valence electrons. The van der Waals surface area contributed by atoms with E-state index in [2.05, 4.69) is 5.32 Å². The highest BCUT2D eigenvalue weighted by molar-refractivity contribution is 7.90. The summed E-state index contributed by atoms with van der Waals surface area (Å²) >= 11 is 0. The number of benzene rings is 1. The highest BCUT2D eigenvalue weighted by Crippen LogP contribution is 2.15. The van der Waals surface area contributed by atoms with Gasteiger partial charge in [0.15, 0.2) is 9.84 Å². The Hall–Kier alpha value is -1.56. The highest BCUT2D eigenvalue weighted by atomic mass is 32.2. The third-order valence-electron chi connectivity index (χ3n) is 2.93. The molecule has 0 unspecified atom stereocenters. The Morgan fingerprint density at radius 2 is 1.72 bits per heavy atom. The van der Waals surface area contributed by atoms with E-state index in [1.54, 1.807) is 17.0 Å².